The van der Waals surface area contributed by atoms with Gasteiger partial charge in [-0.15, -0.1) is 0 Å². The minimum Gasteiger partial charge on any atom is -0.472 e. The van der Waals surface area contributed by atoms with Crippen LogP contribution in [-0.2, 0) is 16.6 Å². The van der Waals surface area contributed by atoms with Crippen LogP contribution in [0.5, 0.6) is 5.88 Å². The molecule has 0 saturated carbocycles. The number of pyridine rings is 2. The number of nitrogens with zero attached hydrogens (tertiary/aromatic N) is 4. The van der Waals surface area contributed by atoms with E-state index in [-0.39, 0.29) is 10.7 Å². The number of benzene rings is 1. The number of nitrogens with one attached hydrogen (secondary N) is 1. The van der Waals surface area contributed by atoms with Crippen LogP contribution in [0.15, 0.2) is 78.5 Å². The second-order valence-corrected chi connectivity index (χ2v) is 7.53. The zero-order valence-electron chi connectivity index (χ0n) is 14.6. The Kier molecular flexibility index (Phi) is 4.81. The summed E-state index contributed by atoms with van der Waals surface area (Å²) in [6, 6.07) is 11.7. The van der Waals surface area contributed by atoms with Gasteiger partial charge >= 0.3 is 0 Å². The summed E-state index contributed by atoms with van der Waals surface area (Å²) >= 11 is 0. The first kappa shape index (κ1) is 17.8. The maximum Gasteiger partial charge on any atom is 0.263 e. The minimum absolute atomic E-state index is 0.114. The van der Waals surface area contributed by atoms with Crippen molar-refractivity contribution in [1.29, 1.82) is 0 Å². The molecule has 0 aliphatic rings. The highest BCUT2D eigenvalue weighted by atomic mass is 32.2. The number of hydrogen-bond donors (Lipinski definition) is 1. The summed E-state index contributed by atoms with van der Waals surface area (Å²) in [7, 11) is -3.78. The molecule has 0 aliphatic heterocycles. The van der Waals surface area contributed by atoms with Gasteiger partial charge in [0.1, 0.15) is 18.8 Å². The van der Waals surface area contributed by atoms with Gasteiger partial charge in [0.05, 0.1) is 4.90 Å². The summed E-state index contributed by atoms with van der Waals surface area (Å²) < 4.78 is 33.5. The molecule has 9 heteroatoms. The van der Waals surface area contributed by atoms with Gasteiger partial charge in [-0.25, -0.2) is 23.4 Å². The first-order chi connectivity index (χ1) is 13.6. The summed E-state index contributed by atoms with van der Waals surface area (Å²) in [5.41, 5.74) is 0.912. The Morgan fingerprint density at radius 1 is 0.964 bits per heavy atom. The van der Waals surface area contributed by atoms with Gasteiger partial charge in [0, 0.05) is 35.7 Å². The average molecular weight is 393 g/mol. The number of hydrogen-bond acceptors (Lipinski definition) is 7. The molecule has 3 heterocycles. The van der Waals surface area contributed by atoms with Gasteiger partial charge in [-0.3, -0.25) is 9.71 Å². The van der Waals surface area contributed by atoms with Crippen molar-refractivity contribution in [3.05, 3.63) is 79.1 Å². The maximum atomic E-state index is 12.6. The molecule has 0 radical (unpaired) electrons. The van der Waals surface area contributed by atoms with E-state index in [1.807, 2.05) is 12.1 Å². The molecule has 0 bridgehead atoms. The van der Waals surface area contributed by atoms with Crippen molar-refractivity contribution in [2.75, 3.05) is 4.72 Å². The third-order valence-electron chi connectivity index (χ3n) is 3.93. The molecule has 0 aliphatic carbocycles. The van der Waals surface area contributed by atoms with Crippen LogP contribution in [0.4, 0.5) is 5.82 Å². The van der Waals surface area contributed by atoms with Gasteiger partial charge in [0.15, 0.2) is 0 Å². The molecule has 3 aromatic heterocycles. The zero-order valence-corrected chi connectivity index (χ0v) is 15.4. The third-order valence-corrected chi connectivity index (χ3v) is 5.28. The van der Waals surface area contributed by atoms with Crippen molar-refractivity contribution >= 4 is 26.6 Å². The van der Waals surface area contributed by atoms with E-state index in [9.17, 15) is 8.42 Å². The molecule has 0 spiro atoms. The van der Waals surface area contributed by atoms with Crippen LogP contribution in [0.25, 0.3) is 10.8 Å². The lowest BCUT2D eigenvalue weighted by atomic mass is 10.2. The SMILES string of the molecule is O=S(=O)(Nc1ccncn1)c1ccc2c(OCc3cccnc3)nccc2c1. The fourth-order valence-corrected chi connectivity index (χ4v) is 3.64. The summed E-state index contributed by atoms with van der Waals surface area (Å²) in [4.78, 5) is 16.1. The second-order valence-electron chi connectivity index (χ2n) is 5.85. The molecule has 4 aromatic rings. The number of sulfonamides is 1. The van der Waals surface area contributed by atoms with Crippen molar-refractivity contribution < 1.29 is 13.2 Å². The monoisotopic (exact) mass is 393 g/mol. The molecule has 8 nitrogen and oxygen atoms in total. The van der Waals surface area contributed by atoms with Gasteiger partial charge < -0.3 is 4.74 Å². The van der Waals surface area contributed by atoms with E-state index in [1.54, 1.807) is 36.8 Å². The molecule has 0 fully saturated rings. The highest BCUT2D eigenvalue weighted by Gasteiger charge is 2.16. The standard InChI is InChI=1S/C19H15N5O3S/c25-28(26,24-18-6-8-21-13-23-18)16-3-4-17-15(10-16)5-9-22-19(17)27-12-14-2-1-7-20-11-14/h1-11,13H,12H2,(H,21,23,24). The van der Waals surface area contributed by atoms with Crippen molar-refractivity contribution in [3.63, 3.8) is 0 Å². The number of fused-ring (bicyclic) bond motifs is 1. The average Bonchev–Trinajstić information content (AvgIpc) is 2.73. The predicted octanol–water partition coefficient (Wildman–Crippen LogP) is 2.80. The van der Waals surface area contributed by atoms with E-state index < -0.39 is 10.0 Å². The molecular formula is C19H15N5O3S. The van der Waals surface area contributed by atoms with E-state index in [0.29, 0.717) is 23.3 Å². The van der Waals surface area contributed by atoms with Gasteiger partial charge in [-0.2, -0.15) is 0 Å². The summed E-state index contributed by atoms with van der Waals surface area (Å²) in [6.45, 7) is 0.315. The van der Waals surface area contributed by atoms with Crippen LogP contribution < -0.4 is 9.46 Å². The topological polar surface area (TPSA) is 107 Å². The fraction of sp³-hybridized carbons (Fsp3) is 0.0526. The van der Waals surface area contributed by atoms with Gasteiger partial charge in [-0.1, -0.05) is 6.07 Å². The minimum atomic E-state index is -3.78. The van der Waals surface area contributed by atoms with Crippen LogP contribution >= 0.6 is 0 Å². The molecule has 28 heavy (non-hydrogen) atoms. The normalized spacial score (nSPS) is 11.3. The van der Waals surface area contributed by atoms with Crippen LogP contribution in [0.3, 0.4) is 0 Å². The fourth-order valence-electron chi connectivity index (χ4n) is 2.59. The number of anilines is 1. The largest absolute Gasteiger partial charge is 0.472 e. The molecular weight excluding hydrogens is 378 g/mol. The Labute approximate surface area is 161 Å². The lowest BCUT2D eigenvalue weighted by molar-refractivity contribution is 0.297. The van der Waals surface area contributed by atoms with Crippen molar-refractivity contribution in [2.24, 2.45) is 0 Å². The number of rotatable bonds is 6. The summed E-state index contributed by atoms with van der Waals surface area (Å²) in [5, 5.41) is 1.41. The summed E-state index contributed by atoms with van der Waals surface area (Å²) in [5.74, 6) is 0.624. The number of ether oxygens (including phenoxy) is 1. The van der Waals surface area contributed by atoms with Crippen LogP contribution in [-0.4, -0.2) is 28.4 Å². The Hall–Kier alpha value is -3.59. The number of aromatic nitrogens is 4. The zero-order chi connectivity index (χ0) is 19.4. The lowest BCUT2D eigenvalue weighted by Crippen LogP contribution is -2.13. The first-order valence-electron chi connectivity index (χ1n) is 8.31. The molecule has 0 unspecified atom stereocenters. The van der Waals surface area contributed by atoms with Crippen LogP contribution in [0, 0.1) is 0 Å². The van der Waals surface area contributed by atoms with E-state index >= 15 is 0 Å². The molecule has 1 aromatic carbocycles. The predicted molar refractivity (Wildman–Crippen MR) is 103 cm³/mol. The Morgan fingerprint density at radius 3 is 2.68 bits per heavy atom. The van der Waals surface area contributed by atoms with E-state index in [2.05, 4.69) is 24.7 Å². The van der Waals surface area contributed by atoms with Crippen molar-refractivity contribution in [2.45, 2.75) is 11.5 Å². The second kappa shape index (κ2) is 7.57. The van der Waals surface area contributed by atoms with Gasteiger partial charge in [0.25, 0.3) is 10.0 Å². The van der Waals surface area contributed by atoms with Gasteiger partial charge in [0.2, 0.25) is 5.88 Å². The van der Waals surface area contributed by atoms with E-state index in [1.165, 1.54) is 24.7 Å². The maximum absolute atomic E-state index is 12.6. The lowest BCUT2D eigenvalue weighted by Gasteiger charge is -2.10. The molecule has 0 amide bonds. The van der Waals surface area contributed by atoms with Gasteiger partial charge in [-0.05, 0) is 41.8 Å². The highest BCUT2D eigenvalue weighted by Crippen LogP contribution is 2.27. The molecule has 4 rings (SSSR count). The third kappa shape index (κ3) is 3.89. The van der Waals surface area contributed by atoms with Crippen LogP contribution in [0.2, 0.25) is 0 Å². The highest BCUT2D eigenvalue weighted by molar-refractivity contribution is 7.92. The van der Waals surface area contributed by atoms with Crippen molar-refractivity contribution in [1.82, 2.24) is 19.9 Å². The van der Waals surface area contributed by atoms with Crippen LogP contribution in [0.1, 0.15) is 5.56 Å². The van der Waals surface area contributed by atoms with Crippen molar-refractivity contribution in [3.8, 4) is 5.88 Å². The Bertz CT molecular complexity index is 1200. The van der Waals surface area contributed by atoms with E-state index in [0.717, 1.165) is 5.56 Å². The molecule has 1 N–H and O–H groups in total. The Balaban J connectivity index is 1.61. The molecule has 0 atom stereocenters. The molecule has 0 saturated heterocycles. The smallest absolute Gasteiger partial charge is 0.263 e. The van der Waals surface area contributed by atoms with E-state index in [4.69, 9.17) is 4.74 Å². The first-order valence-corrected chi connectivity index (χ1v) is 9.79. The quantitative estimate of drug-likeness (QED) is 0.537. The molecule has 140 valence electrons. The Morgan fingerprint density at radius 2 is 1.89 bits per heavy atom. The summed E-state index contributed by atoms with van der Waals surface area (Å²) in [6.07, 6.45) is 7.72.